The van der Waals surface area contributed by atoms with E-state index in [1.807, 2.05) is 18.2 Å². The Bertz CT molecular complexity index is 2740. The highest BCUT2D eigenvalue weighted by Crippen LogP contribution is 2.45. The van der Waals surface area contributed by atoms with E-state index in [9.17, 15) is 43.2 Å². The molecule has 0 spiro atoms. The molecule has 0 aliphatic heterocycles. The fraction of sp³-hybridized carbons (Fsp3) is 0.677. The Morgan fingerprint density at radius 1 is 0.259 bits per heavy atom. The molecule has 0 bridgehead atoms. The minimum atomic E-state index is -5.00. The highest BCUT2D eigenvalue weighted by atomic mass is 31.2. The highest BCUT2D eigenvalue weighted by molar-refractivity contribution is 7.47. The molecule has 5 unspecified atom stereocenters. The van der Waals surface area contributed by atoms with E-state index in [4.69, 9.17) is 37.0 Å². The summed E-state index contributed by atoms with van der Waals surface area (Å²) in [5, 5.41) is 10.7. The zero-order valence-corrected chi connectivity index (χ0v) is 72.1. The number of unbranched alkanes of at least 4 members (excludes halogenated alkanes) is 29. The Hall–Kier alpha value is -5.32. The van der Waals surface area contributed by atoms with Crippen LogP contribution in [0.4, 0.5) is 0 Å². The summed E-state index contributed by atoms with van der Waals surface area (Å²) in [5.74, 6) is -2.29. The minimum absolute atomic E-state index is 0.0341. The lowest BCUT2D eigenvalue weighted by molar-refractivity contribution is -0.161. The van der Waals surface area contributed by atoms with E-state index in [2.05, 4.69) is 167 Å². The van der Waals surface area contributed by atoms with Crippen molar-refractivity contribution in [3.63, 3.8) is 0 Å². The molecule has 0 aliphatic carbocycles. The summed E-state index contributed by atoms with van der Waals surface area (Å²) >= 11 is 0. The number of rotatable bonds is 81. The van der Waals surface area contributed by atoms with Crippen molar-refractivity contribution in [1.82, 2.24) is 0 Å². The molecule has 0 aromatic carbocycles. The first-order chi connectivity index (χ1) is 54.7. The van der Waals surface area contributed by atoms with Gasteiger partial charge in [-0.05, 0) is 141 Å². The largest absolute Gasteiger partial charge is 0.472 e. The van der Waals surface area contributed by atoms with Gasteiger partial charge in [0.1, 0.15) is 19.3 Å². The van der Waals surface area contributed by atoms with Crippen molar-refractivity contribution in [2.45, 2.75) is 367 Å². The summed E-state index contributed by atoms with van der Waals surface area (Å²) in [5.41, 5.74) is 0. The predicted molar refractivity (Wildman–Crippen MR) is 464 cm³/mol. The maximum Gasteiger partial charge on any atom is 0.472 e. The van der Waals surface area contributed by atoms with Gasteiger partial charge in [-0.1, -0.05) is 340 Å². The number of hydrogen-bond donors (Lipinski definition) is 3. The van der Waals surface area contributed by atoms with Crippen LogP contribution < -0.4 is 0 Å². The lowest BCUT2D eigenvalue weighted by Gasteiger charge is -2.21. The quantitative estimate of drug-likeness (QED) is 0.0169. The molecule has 3 N–H and O–H groups in total. The van der Waals surface area contributed by atoms with Gasteiger partial charge in [0.2, 0.25) is 0 Å². The fourth-order valence-corrected chi connectivity index (χ4v) is 13.0. The molecule has 0 amide bonds. The monoisotopic (exact) mass is 1610 g/mol. The van der Waals surface area contributed by atoms with Crippen molar-refractivity contribution in [2.24, 2.45) is 0 Å². The van der Waals surface area contributed by atoms with E-state index in [-0.39, 0.29) is 25.7 Å². The zero-order chi connectivity index (χ0) is 81.7. The van der Waals surface area contributed by atoms with Crippen molar-refractivity contribution in [2.75, 3.05) is 39.6 Å². The summed E-state index contributed by atoms with van der Waals surface area (Å²) in [4.78, 5) is 73.3. The first kappa shape index (κ1) is 107. The molecule has 0 aromatic heterocycles. The van der Waals surface area contributed by atoms with Crippen molar-refractivity contribution in [1.29, 1.82) is 0 Å². The molecule has 0 heterocycles. The Morgan fingerprint density at radius 2 is 0.482 bits per heavy atom. The molecule has 0 aliphatic rings. The summed E-state index contributed by atoms with van der Waals surface area (Å²) in [6.07, 6.45) is 99.2. The third-order valence-electron chi connectivity index (χ3n) is 18.0. The highest BCUT2D eigenvalue weighted by Gasteiger charge is 2.30. The number of allylic oxidation sites excluding steroid dienone is 26. The Labute approximate surface area is 680 Å². The summed E-state index contributed by atoms with van der Waals surface area (Å²) in [7, 11) is -10.0. The number of aliphatic hydroxyl groups excluding tert-OH is 1. The molecule has 0 radical (unpaired) electrons. The van der Waals surface area contributed by atoms with Crippen molar-refractivity contribution in [3.8, 4) is 0 Å². The van der Waals surface area contributed by atoms with Crippen LogP contribution in [0.25, 0.3) is 0 Å². The van der Waals surface area contributed by atoms with E-state index >= 15 is 0 Å². The van der Waals surface area contributed by atoms with Gasteiger partial charge in [0.25, 0.3) is 0 Å². The molecule has 19 heteroatoms. The molecule has 17 nitrogen and oxygen atoms in total. The molecule has 0 saturated heterocycles. The van der Waals surface area contributed by atoms with Crippen LogP contribution in [-0.4, -0.2) is 96.7 Å². The molecule has 0 rings (SSSR count). The van der Waals surface area contributed by atoms with Gasteiger partial charge in [-0.15, -0.1) is 0 Å². The number of ether oxygens (including phenoxy) is 4. The van der Waals surface area contributed by atoms with Crippen LogP contribution in [-0.2, 0) is 65.4 Å². The molecule has 0 aromatic rings. The van der Waals surface area contributed by atoms with Crippen LogP contribution in [0, 0.1) is 0 Å². The standard InChI is InChI=1S/C93H156O17P2/c1-5-9-13-17-21-25-29-33-37-40-43-46-50-53-57-61-65-69-73-77-90(95)103-83-88(109-92(97)79-75-71-67-63-59-55-49-36-32-28-24-20-16-12-8-4)85-107-111(99,100)105-81-87(94)82-106-112(101,102)108-86-89(110-93(98)80-76-72-68-64-60-56-52-48-45-42-39-35-31-27-23-19-15-11-7-3)84-104-91(96)78-74-70-66-62-58-54-51-47-44-41-38-34-30-26-22-18-14-10-6-2/h9-10,13-14,21-23,25-27,33-35,37-39,43-48,53,57,65,69,87-89,94H,5-8,11-12,15-20,24,28-32,36,40-42,49-52,54-56,58-64,66-68,70-86H2,1-4H3,(H,99,100)(H,101,102)/b13-9-,14-10-,25-21-,26-22-,27-23-,37-33-,38-34-,39-35-,46-43-,47-44-,48-45-,57-53-,69-65-. The second-order valence-electron chi connectivity index (χ2n) is 28.7. The first-order valence-electron chi connectivity index (χ1n) is 43.7. The van der Waals surface area contributed by atoms with Gasteiger partial charge >= 0.3 is 39.5 Å². The third kappa shape index (κ3) is 82.7. The van der Waals surface area contributed by atoms with Crippen LogP contribution in [0.15, 0.2) is 158 Å². The van der Waals surface area contributed by atoms with Crippen LogP contribution in [0.3, 0.4) is 0 Å². The number of carbonyl (C=O) groups is 4. The van der Waals surface area contributed by atoms with E-state index in [1.54, 1.807) is 0 Å². The van der Waals surface area contributed by atoms with Gasteiger partial charge in [0.15, 0.2) is 12.2 Å². The SMILES string of the molecule is CC/C=C\C/C=C\C/C=C\C/C=C\C/C=C\C/C=C\CCC(=O)OCC(COP(=O)(O)OCC(O)COP(=O)(O)OCC(COC(=O)CCCCCCCC/C=C\C/C=C\C/C=C\C/C=C\CC)OC(=O)CCCCCCCC/C=C\C/C=C\C/C=C\CCCCC)OC(=O)CCCCCCCCCCCCCCCCC. The van der Waals surface area contributed by atoms with Gasteiger partial charge in [-0.3, -0.25) is 37.3 Å². The van der Waals surface area contributed by atoms with Crippen LogP contribution in [0.2, 0.25) is 0 Å². The van der Waals surface area contributed by atoms with Gasteiger partial charge < -0.3 is 33.8 Å². The number of phosphoric ester groups is 2. The van der Waals surface area contributed by atoms with E-state index < -0.39 is 97.5 Å². The lowest BCUT2D eigenvalue weighted by Crippen LogP contribution is -2.30. The van der Waals surface area contributed by atoms with Crippen LogP contribution in [0.1, 0.15) is 349 Å². The Kier molecular flexibility index (Phi) is 79.6. The van der Waals surface area contributed by atoms with E-state index in [0.29, 0.717) is 32.1 Å². The Morgan fingerprint density at radius 3 is 0.786 bits per heavy atom. The van der Waals surface area contributed by atoms with E-state index in [0.717, 1.165) is 180 Å². The predicted octanol–water partition coefficient (Wildman–Crippen LogP) is 26.3. The van der Waals surface area contributed by atoms with E-state index in [1.165, 1.54) is 83.5 Å². The second kappa shape index (κ2) is 83.6. The molecule has 0 saturated carbocycles. The third-order valence-corrected chi connectivity index (χ3v) is 19.9. The average molecular weight is 1610 g/mol. The molecule has 640 valence electrons. The van der Waals surface area contributed by atoms with Crippen LogP contribution in [0.5, 0.6) is 0 Å². The normalized spacial score (nSPS) is 14.5. The van der Waals surface area contributed by atoms with Crippen LogP contribution >= 0.6 is 15.6 Å². The number of aliphatic hydroxyl groups is 1. The van der Waals surface area contributed by atoms with Gasteiger partial charge in [-0.25, -0.2) is 9.13 Å². The van der Waals surface area contributed by atoms with Gasteiger partial charge in [0, 0.05) is 25.7 Å². The zero-order valence-electron chi connectivity index (χ0n) is 70.3. The molecule has 5 atom stereocenters. The van der Waals surface area contributed by atoms with Crippen molar-refractivity contribution in [3.05, 3.63) is 158 Å². The Balaban J connectivity index is 5.47. The molecular weight excluding hydrogens is 1450 g/mol. The average Bonchev–Trinajstić information content (AvgIpc) is 0.898. The maximum atomic E-state index is 13.2. The maximum absolute atomic E-state index is 13.2. The van der Waals surface area contributed by atoms with Crippen molar-refractivity contribution >= 4 is 39.5 Å². The molecular formula is C93H156O17P2. The number of hydrogen-bond acceptors (Lipinski definition) is 15. The van der Waals surface area contributed by atoms with Gasteiger partial charge in [0.05, 0.1) is 26.4 Å². The minimum Gasteiger partial charge on any atom is -0.462 e. The fourth-order valence-electron chi connectivity index (χ4n) is 11.4. The molecule has 112 heavy (non-hydrogen) atoms. The van der Waals surface area contributed by atoms with Crippen molar-refractivity contribution < 1.29 is 80.2 Å². The number of phosphoric acid groups is 2. The smallest absolute Gasteiger partial charge is 0.462 e. The lowest BCUT2D eigenvalue weighted by atomic mass is 10.0. The molecule has 0 fully saturated rings. The number of esters is 4. The van der Waals surface area contributed by atoms with Gasteiger partial charge in [-0.2, -0.15) is 0 Å². The summed E-state index contributed by atoms with van der Waals surface area (Å²) in [6.45, 7) is 4.55. The number of carbonyl (C=O) groups excluding carboxylic acids is 4. The summed E-state index contributed by atoms with van der Waals surface area (Å²) < 4.78 is 68.8. The summed E-state index contributed by atoms with van der Waals surface area (Å²) in [6, 6.07) is 0. The second-order valence-corrected chi connectivity index (χ2v) is 31.6. The topological polar surface area (TPSA) is 237 Å². The first-order valence-corrected chi connectivity index (χ1v) is 46.7.